The lowest BCUT2D eigenvalue weighted by Crippen LogP contribution is -2.02. The molecule has 0 aliphatic rings. The van der Waals surface area contributed by atoms with Crippen LogP contribution < -0.4 is 0 Å². The molecule has 0 amide bonds. The van der Waals surface area contributed by atoms with Crippen LogP contribution in [-0.2, 0) is 6.54 Å². The van der Waals surface area contributed by atoms with Gasteiger partial charge in [-0.3, -0.25) is 0 Å². The first kappa shape index (κ1) is 15.0. The number of hydrogen-bond acceptors (Lipinski definition) is 2. The maximum Gasteiger partial charge on any atom is 0.177 e. The molecule has 0 aliphatic heterocycles. The van der Waals surface area contributed by atoms with Gasteiger partial charge in [-0.1, -0.05) is 41.4 Å². The van der Waals surface area contributed by atoms with Crippen LogP contribution in [0.5, 0.6) is 0 Å². The van der Waals surface area contributed by atoms with Crippen molar-refractivity contribution >= 4 is 22.6 Å². The Morgan fingerprint density at radius 3 is 2.50 bits per heavy atom. The Morgan fingerprint density at radius 1 is 1.00 bits per heavy atom. The average Bonchev–Trinajstić information content (AvgIpc) is 3.13. The minimum atomic E-state index is 0.685. The van der Waals surface area contributed by atoms with Crippen molar-refractivity contribution in [2.45, 2.75) is 20.4 Å². The van der Waals surface area contributed by atoms with Gasteiger partial charge in [0.15, 0.2) is 11.6 Å². The minimum Gasteiger partial charge on any atom is -0.458 e. The summed E-state index contributed by atoms with van der Waals surface area (Å²) in [5, 5.41) is 0.685. The summed E-state index contributed by atoms with van der Waals surface area (Å²) in [6, 6.07) is 18.3. The molecule has 0 bridgehead atoms. The maximum atomic E-state index is 6.14. The first-order valence-electron chi connectivity index (χ1n) is 7.88. The number of hydrogen-bond donors (Lipinski definition) is 0. The first-order chi connectivity index (χ1) is 11.6. The second-order valence-electron chi connectivity index (χ2n) is 6.05. The van der Waals surface area contributed by atoms with Crippen LogP contribution in [-0.4, -0.2) is 9.55 Å². The zero-order valence-corrected chi connectivity index (χ0v) is 14.3. The van der Waals surface area contributed by atoms with Gasteiger partial charge in [-0.25, -0.2) is 4.98 Å². The van der Waals surface area contributed by atoms with Gasteiger partial charge in [0.2, 0.25) is 0 Å². The van der Waals surface area contributed by atoms with Crippen molar-refractivity contribution in [1.29, 1.82) is 0 Å². The van der Waals surface area contributed by atoms with E-state index in [2.05, 4.69) is 35.8 Å². The Balaban J connectivity index is 1.88. The molecule has 0 atom stereocenters. The fourth-order valence-corrected chi connectivity index (χ4v) is 3.05. The molecule has 24 heavy (non-hydrogen) atoms. The molecule has 0 unspecified atom stereocenters. The van der Waals surface area contributed by atoms with Gasteiger partial charge >= 0.3 is 0 Å². The van der Waals surface area contributed by atoms with Crippen LogP contribution in [0, 0.1) is 13.8 Å². The fraction of sp³-hybridized carbons (Fsp3) is 0.150. The van der Waals surface area contributed by atoms with Crippen LogP contribution in [0.1, 0.15) is 16.9 Å². The SMILES string of the molecule is Cc1ccc(Cn2c(-c3ccc(C)o3)nc3cc(Cl)ccc32)cc1. The second-order valence-corrected chi connectivity index (χ2v) is 6.49. The Morgan fingerprint density at radius 2 is 1.79 bits per heavy atom. The van der Waals surface area contributed by atoms with Crippen molar-refractivity contribution in [3.05, 3.63) is 76.5 Å². The highest BCUT2D eigenvalue weighted by Gasteiger charge is 2.16. The van der Waals surface area contributed by atoms with Crippen molar-refractivity contribution in [3.8, 4) is 11.6 Å². The summed E-state index contributed by atoms with van der Waals surface area (Å²) in [6.45, 7) is 4.76. The monoisotopic (exact) mass is 336 g/mol. The smallest absolute Gasteiger partial charge is 0.177 e. The Labute approximate surface area is 145 Å². The fourth-order valence-electron chi connectivity index (χ4n) is 2.88. The summed E-state index contributed by atoms with van der Waals surface area (Å²) in [5.74, 6) is 2.46. The zero-order valence-electron chi connectivity index (χ0n) is 13.6. The lowest BCUT2D eigenvalue weighted by Gasteiger charge is -2.08. The van der Waals surface area contributed by atoms with Gasteiger partial charge in [0.05, 0.1) is 11.0 Å². The highest BCUT2D eigenvalue weighted by atomic mass is 35.5. The molecule has 4 aromatic rings. The van der Waals surface area contributed by atoms with Gasteiger partial charge in [-0.2, -0.15) is 0 Å². The van der Waals surface area contributed by atoms with E-state index in [1.54, 1.807) is 0 Å². The summed E-state index contributed by atoms with van der Waals surface area (Å²) in [4.78, 5) is 4.76. The molecule has 4 rings (SSSR count). The third-order valence-electron chi connectivity index (χ3n) is 4.13. The largest absolute Gasteiger partial charge is 0.458 e. The highest BCUT2D eigenvalue weighted by Crippen LogP contribution is 2.29. The van der Waals surface area contributed by atoms with Crippen LogP contribution in [0.2, 0.25) is 5.02 Å². The lowest BCUT2D eigenvalue weighted by atomic mass is 10.1. The number of aromatic nitrogens is 2. The third kappa shape index (κ3) is 2.72. The summed E-state index contributed by atoms with van der Waals surface area (Å²) in [6.07, 6.45) is 0. The zero-order chi connectivity index (χ0) is 16.7. The maximum absolute atomic E-state index is 6.14. The Kier molecular flexibility index (Phi) is 3.66. The van der Waals surface area contributed by atoms with Crippen molar-refractivity contribution < 1.29 is 4.42 Å². The number of halogens is 1. The number of furan rings is 1. The predicted molar refractivity (Wildman–Crippen MR) is 97.5 cm³/mol. The topological polar surface area (TPSA) is 31.0 Å². The molecule has 4 heteroatoms. The van der Waals surface area contributed by atoms with E-state index in [0.717, 1.165) is 34.9 Å². The van der Waals surface area contributed by atoms with Gasteiger partial charge in [-0.05, 0) is 49.7 Å². The molecule has 2 heterocycles. The van der Waals surface area contributed by atoms with Gasteiger partial charge in [0, 0.05) is 11.6 Å². The average molecular weight is 337 g/mol. The Hall–Kier alpha value is -2.52. The molecule has 0 spiro atoms. The van der Waals surface area contributed by atoms with Crippen LogP contribution in [0.15, 0.2) is 59.0 Å². The van der Waals surface area contributed by atoms with Gasteiger partial charge < -0.3 is 8.98 Å². The first-order valence-corrected chi connectivity index (χ1v) is 8.26. The molecular weight excluding hydrogens is 320 g/mol. The van der Waals surface area contributed by atoms with Gasteiger partial charge in [-0.15, -0.1) is 0 Å². The molecule has 0 fully saturated rings. The van der Waals surface area contributed by atoms with E-state index in [4.69, 9.17) is 21.0 Å². The number of imidazole rings is 1. The van der Waals surface area contributed by atoms with Crippen molar-refractivity contribution in [2.75, 3.05) is 0 Å². The summed E-state index contributed by atoms with van der Waals surface area (Å²) < 4.78 is 7.99. The van der Waals surface area contributed by atoms with E-state index in [1.165, 1.54) is 11.1 Å². The molecule has 120 valence electrons. The van der Waals surface area contributed by atoms with E-state index >= 15 is 0 Å². The molecule has 2 aromatic carbocycles. The van der Waals surface area contributed by atoms with Crippen LogP contribution >= 0.6 is 11.6 Å². The van der Waals surface area contributed by atoms with E-state index < -0.39 is 0 Å². The van der Waals surface area contributed by atoms with E-state index in [0.29, 0.717) is 5.02 Å². The predicted octanol–water partition coefficient (Wildman–Crippen LogP) is 5.61. The second kappa shape index (κ2) is 5.84. The molecular formula is C20H17ClN2O. The lowest BCUT2D eigenvalue weighted by molar-refractivity contribution is 0.540. The van der Waals surface area contributed by atoms with Gasteiger partial charge in [0.1, 0.15) is 5.76 Å². The molecule has 0 N–H and O–H groups in total. The minimum absolute atomic E-state index is 0.685. The summed E-state index contributed by atoms with van der Waals surface area (Å²) in [7, 11) is 0. The third-order valence-corrected chi connectivity index (χ3v) is 4.37. The number of rotatable bonds is 3. The normalized spacial score (nSPS) is 11.3. The van der Waals surface area contributed by atoms with Gasteiger partial charge in [0.25, 0.3) is 0 Å². The molecule has 0 saturated heterocycles. The van der Waals surface area contributed by atoms with E-state index in [1.807, 2.05) is 37.3 Å². The number of benzene rings is 2. The summed E-state index contributed by atoms with van der Waals surface area (Å²) in [5.41, 5.74) is 4.39. The van der Waals surface area contributed by atoms with E-state index in [-0.39, 0.29) is 0 Å². The molecule has 0 saturated carbocycles. The van der Waals surface area contributed by atoms with Crippen molar-refractivity contribution in [1.82, 2.24) is 9.55 Å². The summed E-state index contributed by atoms with van der Waals surface area (Å²) >= 11 is 6.14. The van der Waals surface area contributed by atoms with Crippen LogP contribution in [0.3, 0.4) is 0 Å². The molecule has 3 nitrogen and oxygen atoms in total. The Bertz CT molecular complexity index is 1010. The quantitative estimate of drug-likeness (QED) is 0.486. The number of nitrogens with zero attached hydrogens (tertiary/aromatic N) is 2. The van der Waals surface area contributed by atoms with Crippen LogP contribution in [0.4, 0.5) is 0 Å². The van der Waals surface area contributed by atoms with Crippen molar-refractivity contribution in [3.63, 3.8) is 0 Å². The molecule has 2 aromatic heterocycles. The van der Waals surface area contributed by atoms with E-state index in [9.17, 15) is 0 Å². The highest BCUT2D eigenvalue weighted by molar-refractivity contribution is 6.31. The van der Waals surface area contributed by atoms with Crippen LogP contribution in [0.25, 0.3) is 22.6 Å². The molecule has 0 aliphatic carbocycles. The molecule has 0 radical (unpaired) electrons. The number of aryl methyl sites for hydroxylation is 2. The standard InChI is InChI=1S/C20H17ClN2O/c1-13-3-6-15(7-4-13)12-23-18-9-8-16(21)11-17(18)22-20(23)19-10-5-14(2)24-19/h3-11H,12H2,1-2H3. The number of fused-ring (bicyclic) bond motifs is 1. The van der Waals surface area contributed by atoms with Crippen molar-refractivity contribution in [2.24, 2.45) is 0 Å².